The van der Waals surface area contributed by atoms with E-state index in [9.17, 15) is 4.79 Å². The Morgan fingerprint density at radius 1 is 1.41 bits per heavy atom. The number of aromatic carboxylic acids is 1. The largest absolute Gasteiger partial charge is 0.477 e. The van der Waals surface area contributed by atoms with E-state index in [4.69, 9.17) is 5.11 Å². The molecule has 1 unspecified atom stereocenters. The molecule has 0 spiro atoms. The van der Waals surface area contributed by atoms with Crippen molar-refractivity contribution >= 4 is 21.9 Å². The molecule has 0 radical (unpaired) electrons. The first-order valence-electron chi connectivity index (χ1n) is 5.12. The fourth-order valence-electron chi connectivity index (χ4n) is 1.75. The summed E-state index contributed by atoms with van der Waals surface area (Å²) < 4.78 is 2.17. The van der Waals surface area contributed by atoms with Gasteiger partial charge in [0.05, 0.1) is 12.2 Å². The van der Waals surface area contributed by atoms with E-state index in [0.29, 0.717) is 4.73 Å². The first kappa shape index (κ1) is 11.9. The van der Waals surface area contributed by atoms with Crippen LogP contribution in [0.5, 0.6) is 0 Å². The van der Waals surface area contributed by atoms with Crippen molar-refractivity contribution in [2.45, 2.75) is 13.0 Å². The van der Waals surface area contributed by atoms with Crippen molar-refractivity contribution in [1.82, 2.24) is 9.55 Å². The topological polar surface area (TPSA) is 55.1 Å². The number of hydrogen-bond acceptors (Lipinski definition) is 2. The smallest absolute Gasteiger partial charge is 0.354 e. The molecule has 2 rings (SSSR count). The normalized spacial score (nSPS) is 12.4. The van der Waals surface area contributed by atoms with Gasteiger partial charge in [-0.3, -0.25) is 0 Å². The molecule has 0 saturated carbocycles. The molecular formula is C12H11BrN2O2. The maximum absolute atomic E-state index is 11.1. The number of aromatic nitrogens is 2. The summed E-state index contributed by atoms with van der Waals surface area (Å²) >= 11 is 3.27. The van der Waals surface area contributed by atoms with Crippen molar-refractivity contribution in [3.8, 4) is 0 Å². The van der Waals surface area contributed by atoms with E-state index >= 15 is 0 Å². The lowest BCUT2D eigenvalue weighted by atomic mass is 10.1. The number of benzene rings is 1. The average Bonchev–Trinajstić information content (AvgIpc) is 2.71. The molecule has 0 bridgehead atoms. The second-order valence-corrected chi connectivity index (χ2v) is 4.38. The summed E-state index contributed by atoms with van der Waals surface area (Å²) in [6.45, 7) is 1.94. The number of carbonyl (C=O) groups is 1. The van der Waals surface area contributed by atoms with Crippen LogP contribution in [0.25, 0.3) is 0 Å². The van der Waals surface area contributed by atoms with Crippen molar-refractivity contribution in [1.29, 1.82) is 0 Å². The second kappa shape index (κ2) is 4.71. The number of carboxylic acid groups (broad SMARTS) is 1. The Morgan fingerprint density at radius 2 is 2.06 bits per heavy atom. The van der Waals surface area contributed by atoms with E-state index < -0.39 is 5.97 Å². The highest BCUT2D eigenvalue weighted by Gasteiger charge is 2.19. The van der Waals surface area contributed by atoms with Crippen molar-refractivity contribution in [2.24, 2.45) is 0 Å². The van der Waals surface area contributed by atoms with E-state index in [-0.39, 0.29) is 11.7 Å². The van der Waals surface area contributed by atoms with Crippen LogP contribution in [0.4, 0.5) is 0 Å². The number of rotatable bonds is 3. The standard InChI is InChI=1S/C12H11BrN2O2/c1-8(9-5-3-2-4-6-9)15-10(11(16)17)7-14-12(15)13/h2-8H,1H3,(H,16,17). The van der Waals surface area contributed by atoms with Gasteiger partial charge in [0.1, 0.15) is 5.69 Å². The molecule has 1 N–H and O–H groups in total. The Kier molecular flexibility index (Phi) is 3.28. The molecule has 4 nitrogen and oxygen atoms in total. The van der Waals surface area contributed by atoms with Crippen molar-refractivity contribution in [3.05, 3.63) is 52.5 Å². The zero-order valence-corrected chi connectivity index (χ0v) is 10.8. The predicted molar refractivity (Wildman–Crippen MR) is 67.1 cm³/mol. The molecule has 0 saturated heterocycles. The van der Waals surface area contributed by atoms with Gasteiger partial charge in [0, 0.05) is 0 Å². The number of imidazole rings is 1. The summed E-state index contributed by atoms with van der Waals surface area (Å²) in [5, 5.41) is 9.09. The predicted octanol–water partition coefficient (Wildman–Crippen LogP) is 2.95. The highest BCUT2D eigenvalue weighted by molar-refractivity contribution is 9.10. The molecule has 88 valence electrons. The fourth-order valence-corrected chi connectivity index (χ4v) is 2.35. The molecule has 5 heteroatoms. The number of hydrogen-bond donors (Lipinski definition) is 1. The van der Waals surface area contributed by atoms with Gasteiger partial charge in [-0.05, 0) is 28.4 Å². The Balaban J connectivity index is 2.47. The average molecular weight is 295 g/mol. The van der Waals surface area contributed by atoms with Crippen molar-refractivity contribution < 1.29 is 9.90 Å². The van der Waals surface area contributed by atoms with E-state index in [2.05, 4.69) is 20.9 Å². The van der Waals surface area contributed by atoms with E-state index in [1.165, 1.54) is 6.20 Å². The van der Waals surface area contributed by atoms with Gasteiger partial charge >= 0.3 is 5.97 Å². The van der Waals surface area contributed by atoms with Gasteiger partial charge in [-0.25, -0.2) is 9.78 Å². The van der Waals surface area contributed by atoms with Crippen LogP contribution < -0.4 is 0 Å². The van der Waals surface area contributed by atoms with Crippen molar-refractivity contribution in [3.63, 3.8) is 0 Å². The summed E-state index contributed by atoms with van der Waals surface area (Å²) in [5.41, 5.74) is 1.21. The molecule has 0 aliphatic heterocycles. The van der Waals surface area contributed by atoms with Gasteiger partial charge in [-0.1, -0.05) is 30.3 Å². The molecule has 0 amide bonds. The number of nitrogens with zero attached hydrogens (tertiary/aromatic N) is 2. The minimum absolute atomic E-state index is 0.0841. The van der Waals surface area contributed by atoms with Crippen LogP contribution in [0.3, 0.4) is 0 Å². The monoisotopic (exact) mass is 294 g/mol. The third-order valence-electron chi connectivity index (χ3n) is 2.64. The second-order valence-electron chi connectivity index (χ2n) is 3.67. The van der Waals surface area contributed by atoms with Gasteiger partial charge in [0.2, 0.25) is 0 Å². The first-order valence-corrected chi connectivity index (χ1v) is 5.91. The van der Waals surface area contributed by atoms with Gasteiger partial charge < -0.3 is 9.67 Å². The van der Waals surface area contributed by atoms with Crippen LogP contribution in [0.2, 0.25) is 0 Å². The Morgan fingerprint density at radius 3 is 2.65 bits per heavy atom. The third-order valence-corrected chi connectivity index (χ3v) is 3.23. The molecule has 17 heavy (non-hydrogen) atoms. The molecular weight excluding hydrogens is 284 g/mol. The molecule has 0 aliphatic carbocycles. The number of carboxylic acids is 1. The molecule has 0 fully saturated rings. The zero-order chi connectivity index (χ0) is 12.4. The lowest BCUT2D eigenvalue weighted by Crippen LogP contribution is -2.14. The summed E-state index contributed by atoms with van der Waals surface area (Å²) in [6, 6.07) is 9.62. The van der Waals surface area contributed by atoms with E-state index in [0.717, 1.165) is 5.56 Å². The summed E-state index contributed by atoms with van der Waals surface area (Å²) in [4.78, 5) is 15.1. The third kappa shape index (κ3) is 2.24. The summed E-state index contributed by atoms with van der Waals surface area (Å²) in [6.07, 6.45) is 1.35. The molecule has 1 atom stereocenters. The fraction of sp³-hybridized carbons (Fsp3) is 0.167. The minimum Gasteiger partial charge on any atom is -0.477 e. The van der Waals surface area contributed by atoms with Crippen LogP contribution in [0, 0.1) is 0 Å². The first-order chi connectivity index (χ1) is 8.11. The Bertz CT molecular complexity index is 537. The maximum Gasteiger partial charge on any atom is 0.354 e. The highest BCUT2D eigenvalue weighted by Crippen LogP contribution is 2.24. The van der Waals surface area contributed by atoms with Crippen LogP contribution in [-0.4, -0.2) is 20.6 Å². The zero-order valence-electron chi connectivity index (χ0n) is 9.17. The molecule has 1 aromatic heterocycles. The van der Waals surface area contributed by atoms with Gasteiger partial charge in [0.15, 0.2) is 4.73 Å². The van der Waals surface area contributed by atoms with Crippen LogP contribution >= 0.6 is 15.9 Å². The molecule has 0 aliphatic rings. The van der Waals surface area contributed by atoms with Crippen LogP contribution in [-0.2, 0) is 0 Å². The molecule has 1 aromatic carbocycles. The molecule has 1 heterocycles. The minimum atomic E-state index is -0.981. The van der Waals surface area contributed by atoms with Crippen LogP contribution in [0.1, 0.15) is 29.0 Å². The van der Waals surface area contributed by atoms with E-state index in [1.807, 2.05) is 37.3 Å². The highest BCUT2D eigenvalue weighted by atomic mass is 79.9. The Hall–Kier alpha value is -1.62. The Labute approximate surface area is 107 Å². The quantitative estimate of drug-likeness (QED) is 0.947. The number of halogens is 1. The van der Waals surface area contributed by atoms with Gasteiger partial charge in [0.25, 0.3) is 0 Å². The summed E-state index contributed by atoms with van der Waals surface area (Å²) in [5.74, 6) is -0.981. The van der Waals surface area contributed by atoms with Gasteiger partial charge in [-0.15, -0.1) is 0 Å². The maximum atomic E-state index is 11.1. The SMILES string of the molecule is CC(c1ccccc1)n1c(C(=O)O)cnc1Br. The van der Waals surface area contributed by atoms with Gasteiger partial charge in [-0.2, -0.15) is 0 Å². The lowest BCUT2D eigenvalue weighted by molar-refractivity contribution is 0.0683. The van der Waals surface area contributed by atoms with Crippen molar-refractivity contribution in [2.75, 3.05) is 0 Å². The molecule has 2 aromatic rings. The summed E-state index contributed by atoms with van der Waals surface area (Å²) in [7, 11) is 0. The lowest BCUT2D eigenvalue weighted by Gasteiger charge is -2.16. The van der Waals surface area contributed by atoms with Crippen LogP contribution in [0.15, 0.2) is 41.3 Å². The van der Waals surface area contributed by atoms with E-state index in [1.54, 1.807) is 4.57 Å².